The van der Waals surface area contributed by atoms with E-state index in [0.29, 0.717) is 5.56 Å². The molecule has 2 N–H and O–H groups in total. The fraction of sp³-hybridized carbons (Fsp3) is 0. The van der Waals surface area contributed by atoms with E-state index in [9.17, 15) is 18.8 Å². The standard InChI is InChI=1S/C17H10ClFN2O4/c18-12-8-10(3-6-13(12)19)16(23)25-11-4-1-9(2-5-11)7-14-15(22)21-17(24)20-14/h1-8H,(H2,20,21,22,24)/b14-7-. The largest absolute Gasteiger partial charge is 0.423 e. The highest BCUT2D eigenvalue weighted by molar-refractivity contribution is 6.31. The Kier molecular flexibility index (Phi) is 4.49. The highest BCUT2D eigenvalue weighted by Gasteiger charge is 2.22. The molecule has 2 aromatic rings. The maximum absolute atomic E-state index is 13.1. The summed E-state index contributed by atoms with van der Waals surface area (Å²) in [5, 5.41) is 4.28. The Labute approximate surface area is 146 Å². The predicted octanol–water partition coefficient (Wildman–Crippen LogP) is 2.88. The number of imide groups is 1. The molecule has 1 saturated heterocycles. The smallest absolute Gasteiger partial charge is 0.343 e. The number of urea groups is 1. The molecule has 0 atom stereocenters. The Bertz CT molecular complexity index is 909. The normalized spacial score (nSPS) is 15.0. The molecular weight excluding hydrogens is 351 g/mol. The zero-order valence-corrected chi connectivity index (χ0v) is 13.3. The van der Waals surface area contributed by atoms with Crippen LogP contribution in [0.5, 0.6) is 5.75 Å². The van der Waals surface area contributed by atoms with Crippen molar-refractivity contribution in [1.82, 2.24) is 10.6 Å². The molecule has 2 aromatic carbocycles. The lowest BCUT2D eigenvalue weighted by atomic mass is 10.2. The van der Waals surface area contributed by atoms with E-state index < -0.39 is 23.7 Å². The molecule has 1 aliphatic heterocycles. The average molecular weight is 361 g/mol. The van der Waals surface area contributed by atoms with E-state index in [-0.39, 0.29) is 22.0 Å². The minimum absolute atomic E-state index is 0.114. The molecule has 0 aliphatic carbocycles. The van der Waals surface area contributed by atoms with Crippen LogP contribution in [0, 0.1) is 5.82 Å². The highest BCUT2D eigenvalue weighted by atomic mass is 35.5. The molecule has 0 bridgehead atoms. The minimum Gasteiger partial charge on any atom is -0.423 e. The first-order valence-electron chi connectivity index (χ1n) is 7.04. The summed E-state index contributed by atoms with van der Waals surface area (Å²) in [7, 11) is 0. The number of nitrogens with one attached hydrogen (secondary N) is 2. The van der Waals surface area contributed by atoms with Crippen molar-refractivity contribution in [3.63, 3.8) is 0 Å². The van der Waals surface area contributed by atoms with Gasteiger partial charge in [-0.1, -0.05) is 23.7 Å². The van der Waals surface area contributed by atoms with Gasteiger partial charge in [0.25, 0.3) is 5.91 Å². The maximum Gasteiger partial charge on any atom is 0.343 e. The number of benzene rings is 2. The van der Waals surface area contributed by atoms with Gasteiger partial charge in [-0.25, -0.2) is 14.0 Å². The molecule has 0 spiro atoms. The fourth-order valence-electron chi connectivity index (χ4n) is 2.07. The molecule has 3 rings (SSSR count). The Morgan fingerprint density at radius 3 is 2.40 bits per heavy atom. The molecule has 1 fully saturated rings. The van der Waals surface area contributed by atoms with Crippen LogP contribution in [0.15, 0.2) is 48.2 Å². The van der Waals surface area contributed by atoms with Crippen molar-refractivity contribution >= 4 is 35.6 Å². The molecule has 0 aromatic heterocycles. The molecule has 1 aliphatic rings. The van der Waals surface area contributed by atoms with Crippen LogP contribution in [0.25, 0.3) is 6.08 Å². The van der Waals surface area contributed by atoms with Gasteiger partial charge in [0, 0.05) is 0 Å². The second-order valence-corrected chi connectivity index (χ2v) is 5.46. The summed E-state index contributed by atoms with van der Waals surface area (Å²) in [5.41, 5.74) is 0.857. The Hall–Kier alpha value is -3.19. The lowest BCUT2D eigenvalue weighted by molar-refractivity contribution is -0.115. The monoisotopic (exact) mass is 360 g/mol. The lowest BCUT2D eigenvalue weighted by Gasteiger charge is -2.05. The Balaban J connectivity index is 1.71. The van der Waals surface area contributed by atoms with Crippen LogP contribution in [0.2, 0.25) is 5.02 Å². The van der Waals surface area contributed by atoms with Gasteiger partial charge in [-0.15, -0.1) is 0 Å². The summed E-state index contributed by atoms with van der Waals surface area (Å²) in [4.78, 5) is 34.5. The molecule has 126 valence electrons. The summed E-state index contributed by atoms with van der Waals surface area (Å²) >= 11 is 5.63. The van der Waals surface area contributed by atoms with Crippen molar-refractivity contribution in [3.8, 4) is 5.75 Å². The van der Waals surface area contributed by atoms with Crippen LogP contribution in [0.1, 0.15) is 15.9 Å². The van der Waals surface area contributed by atoms with Gasteiger partial charge in [0.15, 0.2) is 0 Å². The average Bonchev–Trinajstić information content (AvgIpc) is 2.89. The minimum atomic E-state index is -0.685. The number of esters is 1. The number of carbonyl (C=O) groups excluding carboxylic acids is 3. The number of rotatable bonds is 3. The van der Waals surface area contributed by atoms with Gasteiger partial charge in [0.2, 0.25) is 0 Å². The van der Waals surface area contributed by atoms with Crippen LogP contribution < -0.4 is 15.4 Å². The summed E-state index contributed by atoms with van der Waals surface area (Å²) in [6.45, 7) is 0. The third kappa shape index (κ3) is 3.84. The van der Waals surface area contributed by atoms with Crippen molar-refractivity contribution < 1.29 is 23.5 Å². The van der Waals surface area contributed by atoms with Crippen molar-refractivity contribution in [3.05, 3.63) is 70.1 Å². The first-order chi connectivity index (χ1) is 11.9. The lowest BCUT2D eigenvalue weighted by Crippen LogP contribution is -2.22. The Morgan fingerprint density at radius 1 is 1.08 bits per heavy atom. The maximum atomic E-state index is 13.1. The van der Waals surface area contributed by atoms with Crippen LogP contribution in [-0.2, 0) is 4.79 Å². The number of ether oxygens (including phenoxy) is 1. The molecule has 0 unspecified atom stereocenters. The third-order valence-electron chi connectivity index (χ3n) is 3.28. The first kappa shape index (κ1) is 16.7. The van der Waals surface area contributed by atoms with Gasteiger partial charge in [-0.2, -0.15) is 0 Å². The van der Waals surface area contributed by atoms with Crippen molar-refractivity contribution in [1.29, 1.82) is 0 Å². The van der Waals surface area contributed by atoms with Gasteiger partial charge in [-0.3, -0.25) is 10.1 Å². The molecular formula is C17H10ClFN2O4. The van der Waals surface area contributed by atoms with E-state index in [0.717, 1.165) is 6.07 Å². The van der Waals surface area contributed by atoms with E-state index in [1.165, 1.54) is 30.3 Å². The van der Waals surface area contributed by atoms with E-state index in [2.05, 4.69) is 10.6 Å². The number of carbonyl (C=O) groups is 3. The number of halogens is 2. The quantitative estimate of drug-likeness (QED) is 0.381. The molecule has 0 saturated carbocycles. The van der Waals surface area contributed by atoms with Crippen molar-refractivity contribution in [2.75, 3.05) is 0 Å². The molecule has 3 amide bonds. The van der Waals surface area contributed by atoms with Crippen molar-refractivity contribution in [2.24, 2.45) is 0 Å². The zero-order chi connectivity index (χ0) is 18.0. The van der Waals surface area contributed by atoms with Crippen LogP contribution >= 0.6 is 11.6 Å². The molecule has 1 heterocycles. The fourth-order valence-corrected chi connectivity index (χ4v) is 2.25. The third-order valence-corrected chi connectivity index (χ3v) is 3.57. The number of hydrogen-bond acceptors (Lipinski definition) is 4. The SMILES string of the molecule is O=C1NC(=O)/C(=C/c2ccc(OC(=O)c3ccc(F)c(Cl)c3)cc2)N1. The van der Waals surface area contributed by atoms with Crippen LogP contribution in [0.4, 0.5) is 9.18 Å². The molecule has 6 nitrogen and oxygen atoms in total. The topological polar surface area (TPSA) is 84.5 Å². The van der Waals surface area contributed by atoms with Gasteiger partial charge < -0.3 is 10.1 Å². The molecule has 8 heteroatoms. The Morgan fingerprint density at radius 2 is 1.80 bits per heavy atom. The second kappa shape index (κ2) is 6.74. The van der Waals surface area contributed by atoms with Crippen LogP contribution in [0.3, 0.4) is 0 Å². The number of amides is 3. The summed E-state index contributed by atoms with van der Waals surface area (Å²) in [6, 6.07) is 9.18. The van der Waals surface area contributed by atoms with E-state index >= 15 is 0 Å². The van der Waals surface area contributed by atoms with Crippen molar-refractivity contribution in [2.45, 2.75) is 0 Å². The van der Waals surface area contributed by atoms with E-state index in [1.807, 2.05) is 0 Å². The number of hydrogen-bond donors (Lipinski definition) is 2. The first-order valence-corrected chi connectivity index (χ1v) is 7.41. The summed E-state index contributed by atoms with van der Waals surface area (Å²) in [5.74, 6) is -1.57. The summed E-state index contributed by atoms with van der Waals surface area (Å²) < 4.78 is 18.3. The van der Waals surface area contributed by atoms with Crippen LogP contribution in [-0.4, -0.2) is 17.9 Å². The van der Waals surface area contributed by atoms with Gasteiger partial charge in [-0.05, 0) is 42.0 Å². The second-order valence-electron chi connectivity index (χ2n) is 5.05. The van der Waals surface area contributed by atoms with Gasteiger partial charge in [0.05, 0.1) is 10.6 Å². The van der Waals surface area contributed by atoms with E-state index in [1.54, 1.807) is 12.1 Å². The zero-order valence-electron chi connectivity index (χ0n) is 12.5. The predicted molar refractivity (Wildman–Crippen MR) is 87.5 cm³/mol. The molecule has 0 radical (unpaired) electrons. The van der Waals surface area contributed by atoms with E-state index in [4.69, 9.17) is 16.3 Å². The summed E-state index contributed by atoms with van der Waals surface area (Å²) in [6.07, 6.45) is 1.48. The molecule has 25 heavy (non-hydrogen) atoms. The van der Waals surface area contributed by atoms with Gasteiger partial charge >= 0.3 is 12.0 Å². The van der Waals surface area contributed by atoms with Gasteiger partial charge in [0.1, 0.15) is 17.3 Å². The highest BCUT2D eigenvalue weighted by Crippen LogP contribution is 2.19.